The molecule has 0 fully saturated rings. The van der Waals surface area contributed by atoms with Crippen molar-refractivity contribution in [2.45, 2.75) is 39.7 Å². The fourth-order valence-corrected chi connectivity index (χ4v) is 3.27. The largest absolute Gasteiger partial charge is 0.507 e. The Kier molecular flexibility index (Phi) is 4.25. The van der Waals surface area contributed by atoms with E-state index in [-0.39, 0.29) is 28.7 Å². The van der Waals surface area contributed by atoms with Crippen LogP contribution >= 0.6 is 0 Å². The number of rotatable bonds is 3. The number of aromatic hydroxyl groups is 2. The van der Waals surface area contributed by atoms with E-state index < -0.39 is 17.3 Å². The Morgan fingerprint density at radius 2 is 1.60 bits per heavy atom. The van der Waals surface area contributed by atoms with Crippen LogP contribution in [0.3, 0.4) is 0 Å². The molecule has 0 saturated carbocycles. The number of benzene rings is 2. The first-order chi connectivity index (χ1) is 11.8. The first kappa shape index (κ1) is 17.0. The van der Waals surface area contributed by atoms with Gasteiger partial charge in [-0.1, -0.05) is 29.8 Å². The quantitative estimate of drug-likeness (QED) is 0.829. The monoisotopic (exact) mass is 340 g/mol. The molecule has 2 aromatic rings. The zero-order chi connectivity index (χ0) is 18.3. The van der Waals surface area contributed by atoms with Gasteiger partial charge >= 0.3 is 0 Å². The van der Waals surface area contributed by atoms with Crippen LogP contribution in [0.2, 0.25) is 0 Å². The first-order valence-electron chi connectivity index (χ1n) is 8.17. The van der Waals surface area contributed by atoms with Gasteiger partial charge in [-0.15, -0.1) is 0 Å². The lowest BCUT2D eigenvalue weighted by Crippen LogP contribution is -2.19. The number of fused-ring (bicyclic) bond motifs is 1. The summed E-state index contributed by atoms with van der Waals surface area (Å²) in [5.74, 6) is -1.56. The second kappa shape index (κ2) is 6.24. The van der Waals surface area contributed by atoms with Crippen molar-refractivity contribution in [1.82, 2.24) is 0 Å². The van der Waals surface area contributed by atoms with Crippen LogP contribution in [0, 0.1) is 6.92 Å². The molecular weight excluding hydrogens is 320 g/mol. The lowest BCUT2D eigenvalue weighted by Gasteiger charge is -2.29. The van der Waals surface area contributed by atoms with Gasteiger partial charge in [0.25, 0.3) is 0 Å². The molecule has 2 aromatic carbocycles. The molecule has 0 spiro atoms. The zero-order valence-corrected chi connectivity index (χ0v) is 14.4. The molecule has 0 radical (unpaired) electrons. The number of hydrogen-bond donors (Lipinski definition) is 2. The molecule has 1 atom stereocenters. The molecule has 1 unspecified atom stereocenters. The van der Waals surface area contributed by atoms with Crippen molar-refractivity contribution in [3.05, 3.63) is 52.1 Å². The normalized spacial score (nSPS) is 16.0. The molecule has 0 saturated heterocycles. The van der Waals surface area contributed by atoms with Crippen molar-refractivity contribution in [2.24, 2.45) is 0 Å². The Morgan fingerprint density at radius 3 is 2.16 bits per heavy atom. The minimum atomic E-state index is -0.513. The van der Waals surface area contributed by atoms with E-state index in [0.717, 1.165) is 11.1 Å². The van der Waals surface area contributed by atoms with Gasteiger partial charge in [-0.3, -0.25) is 9.59 Å². The van der Waals surface area contributed by atoms with Gasteiger partial charge in [0.2, 0.25) is 0 Å². The van der Waals surface area contributed by atoms with Crippen LogP contribution in [-0.2, 0) is 6.42 Å². The maximum atomic E-state index is 12.1. The highest BCUT2D eigenvalue weighted by molar-refractivity contribution is 6.08. The van der Waals surface area contributed by atoms with Crippen molar-refractivity contribution in [2.75, 3.05) is 0 Å². The molecule has 130 valence electrons. The Morgan fingerprint density at radius 1 is 1.00 bits per heavy atom. The van der Waals surface area contributed by atoms with E-state index in [0.29, 0.717) is 18.4 Å². The molecule has 2 N–H and O–H groups in total. The summed E-state index contributed by atoms with van der Waals surface area (Å²) >= 11 is 0. The summed E-state index contributed by atoms with van der Waals surface area (Å²) in [5.41, 5.74) is 2.22. The average molecular weight is 340 g/mol. The van der Waals surface area contributed by atoms with Gasteiger partial charge in [0.15, 0.2) is 11.6 Å². The minimum absolute atomic E-state index is 0.0465. The smallest absolute Gasteiger partial charge is 0.167 e. The Balaban J connectivity index is 2.14. The fourth-order valence-electron chi connectivity index (χ4n) is 3.27. The van der Waals surface area contributed by atoms with Gasteiger partial charge in [0, 0.05) is 5.56 Å². The second-order valence-electron chi connectivity index (χ2n) is 6.42. The number of ether oxygens (including phenoxy) is 1. The number of ketones is 2. The number of carbonyl (C=O) groups excluding carboxylic acids is 2. The Bertz CT molecular complexity index is 865. The molecule has 3 rings (SSSR count). The van der Waals surface area contributed by atoms with Crippen molar-refractivity contribution >= 4 is 11.6 Å². The van der Waals surface area contributed by atoms with Crippen molar-refractivity contribution in [3.63, 3.8) is 0 Å². The van der Waals surface area contributed by atoms with Crippen LogP contribution in [0.4, 0.5) is 0 Å². The number of Topliss-reactive ketones (excluding diaryl/α,β-unsaturated/α-hetero) is 2. The van der Waals surface area contributed by atoms with Crippen LogP contribution < -0.4 is 4.74 Å². The summed E-state index contributed by atoms with van der Waals surface area (Å²) in [6.45, 7) is 4.53. The molecular formula is C20H20O5. The van der Waals surface area contributed by atoms with E-state index in [1.807, 2.05) is 31.2 Å². The van der Waals surface area contributed by atoms with E-state index >= 15 is 0 Å². The van der Waals surface area contributed by atoms with Gasteiger partial charge in [-0.05, 0) is 39.2 Å². The van der Waals surface area contributed by atoms with Gasteiger partial charge in [-0.2, -0.15) is 0 Å². The molecule has 5 nitrogen and oxygen atoms in total. The zero-order valence-electron chi connectivity index (χ0n) is 14.4. The van der Waals surface area contributed by atoms with Crippen LogP contribution in [0.5, 0.6) is 17.2 Å². The third-order valence-electron chi connectivity index (χ3n) is 4.57. The van der Waals surface area contributed by atoms with Gasteiger partial charge in [-0.25, -0.2) is 0 Å². The third kappa shape index (κ3) is 2.86. The lowest BCUT2D eigenvalue weighted by molar-refractivity contribution is 0.0996. The number of carbonyl (C=O) groups is 2. The van der Waals surface area contributed by atoms with Crippen molar-refractivity contribution in [3.8, 4) is 17.2 Å². The highest BCUT2D eigenvalue weighted by Crippen LogP contribution is 2.48. The molecule has 1 aliphatic heterocycles. The fraction of sp³-hybridized carbons (Fsp3) is 0.300. The van der Waals surface area contributed by atoms with E-state index in [4.69, 9.17) is 4.74 Å². The van der Waals surface area contributed by atoms with E-state index in [1.165, 1.54) is 13.8 Å². The second-order valence-corrected chi connectivity index (χ2v) is 6.42. The van der Waals surface area contributed by atoms with Crippen molar-refractivity contribution in [1.29, 1.82) is 0 Å². The molecule has 5 heteroatoms. The summed E-state index contributed by atoms with van der Waals surface area (Å²) < 4.78 is 5.99. The third-order valence-corrected chi connectivity index (χ3v) is 4.57. The molecule has 1 aliphatic rings. The number of hydrogen-bond acceptors (Lipinski definition) is 5. The minimum Gasteiger partial charge on any atom is -0.507 e. The van der Waals surface area contributed by atoms with Gasteiger partial charge < -0.3 is 14.9 Å². The topological polar surface area (TPSA) is 83.8 Å². The summed E-state index contributed by atoms with van der Waals surface area (Å²) in [5, 5.41) is 20.8. The maximum Gasteiger partial charge on any atom is 0.167 e. The van der Waals surface area contributed by atoms with E-state index in [9.17, 15) is 19.8 Å². The SMILES string of the molecule is CC(=O)c1c(O)c2c(c(C(C)=O)c1O)OC(c1ccc(C)cc1)CC2. The summed E-state index contributed by atoms with van der Waals surface area (Å²) in [4.78, 5) is 23.9. The standard InChI is InChI=1S/C20H20O5/c1-10-4-6-13(7-5-10)15-9-8-14-18(23)16(11(2)21)19(24)17(12(3)22)20(14)25-15/h4-7,15,23-24H,8-9H2,1-3H3. The van der Waals surface area contributed by atoms with Crippen LogP contribution in [-0.4, -0.2) is 21.8 Å². The van der Waals surface area contributed by atoms with Crippen LogP contribution in [0.25, 0.3) is 0 Å². The summed E-state index contributed by atoms with van der Waals surface area (Å²) in [6, 6.07) is 7.88. The molecule has 0 bridgehead atoms. The van der Waals surface area contributed by atoms with E-state index in [1.54, 1.807) is 0 Å². The van der Waals surface area contributed by atoms with Crippen LogP contribution in [0.1, 0.15) is 63.8 Å². The first-order valence-corrected chi connectivity index (χ1v) is 8.17. The molecule has 0 aromatic heterocycles. The number of phenolic OH excluding ortho intramolecular Hbond substituents is 2. The van der Waals surface area contributed by atoms with Gasteiger partial charge in [0.1, 0.15) is 34.5 Å². The maximum absolute atomic E-state index is 12.1. The summed E-state index contributed by atoms with van der Waals surface area (Å²) in [6.07, 6.45) is 0.761. The average Bonchev–Trinajstić information content (AvgIpc) is 2.54. The highest BCUT2D eigenvalue weighted by atomic mass is 16.5. The Labute approximate surface area is 145 Å². The summed E-state index contributed by atoms with van der Waals surface area (Å²) in [7, 11) is 0. The predicted octanol–water partition coefficient (Wildman–Crippen LogP) is 3.88. The predicted molar refractivity (Wildman–Crippen MR) is 92.6 cm³/mol. The molecule has 25 heavy (non-hydrogen) atoms. The van der Waals surface area contributed by atoms with Crippen LogP contribution in [0.15, 0.2) is 24.3 Å². The van der Waals surface area contributed by atoms with Crippen molar-refractivity contribution < 1.29 is 24.5 Å². The molecule has 0 amide bonds. The highest BCUT2D eigenvalue weighted by Gasteiger charge is 2.33. The number of aryl methyl sites for hydroxylation is 1. The van der Waals surface area contributed by atoms with Gasteiger partial charge in [0.05, 0.1) is 0 Å². The van der Waals surface area contributed by atoms with E-state index in [2.05, 4.69) is 0 Å². The number of phenols is 2. The molecule has 0 aliphatic carbocycles. The lowest BCUT2D eigenvalue weighted by atomic mass is 9.90. The Hall–Kier alpha value is -2.82. The molecule has 1 heterocycles.